The molecule has 3 aromatic rings. The summed E-state index contributed by atoms with van der Waals surface area (Å²) < 4.78 is 77.6. The zero-order chi connectivity index (χ0) is 39.1. The monoisotopic (exact) mass is 784 g/mol. The van der Waals surface area contributed by atoms with Crippen LogP contribution < -0.4 is 4.90 Å². The second kappa shape index (κ2) is 20.5. The summed E-state index contributed by atoms with van der Waals surface area (Å²) in [4.78, 5) is 34.7. The van der Waals surface area contributed by atoms with Gasteiger partial charge < -0.3 is 4.90 Å². The van der Waals surface area contributed by atoms with E-state index in [0.29, 0.717) is 25.3 Å². The highest BCUT2D eigenvalue weighted by Crippen LogP contribution is 2.30. The SMILES string of the molecule is CS(=O)(=O)O.CS(=O)(=O)O.CS(=O)(=O)O.Cc1ccccc1N1CCN(CCCN2C(=O)CN(C(c3ccccc3)c3ccccc3)CC2=O)CC1. The maximum atomic E-state index is 13.1. The Hall–Kier alpha value is -3.75. The van der Waals surface area contributed by atoms with Gasteiger partial charge in [0.1, 0.15) is 0 Å². The van der Waals surface area contributed by atoms with Gasteiger partial charge in [-0.05, 0) is 42.6 Å². The highest BCUT2D eigenvalue weighted by Gasteiger charge is 2.35. The van der Waals surface area contributed by atoms with Crippen LogP contribution in [0, 0.1) is 6.92 Å². The molecule has 2 saturated heterocycles. The first kappa shape index (κ1) is 44.4. The normalized spacial score (nSPS) is 15.8. The maximum absolute atomic E-state index is 13.1. The molecule has 2 aliphatic heterocycles. The second-order valence-corrected chi connectivity index (χ2v) is 16.6. The highest BCUT2D eigenvalue weighted by atomic mass is 32.2. The van der Waals surface area contributed by atoms with Crippen molar-refractivity contribution >= 4 is 47.9 Å². The number of benzene rings is 3. The van der Waals surface area contributed by atoms with Gasteiger partial charge in [0.2, 0.25) is 11.8 Å². The molecule has 2 amide bonds. The summed E-state index contributed by atoms with van der Waals surface area (Å²) in [6, 6.07) is 28.7. The van der Waals surface area contributed by atoms with Crippen LogP contribution in [0.15, 0.2) is 84.9 Å². The van der Waals surface area contributed by atoms with Gasteiger partial charge in [0.25, 0.3) is 30.4 Å². The van der Waals surface area contributed by atoms with E-state index < -0.39 is 30.4 Å². The molecule has 0 bridgehead atoms. The van der Waals surface area contributed by atoms with Crippen molar-refractivity contribution in [2.75, 3.05) is 76.0 Å². The van der Waals surface area contributed by atoms with Crippen LogP contribution in [-0.2, 0) is 39.9 Å². The molecule has 0 atom stereocenters. The molecule has 52 heavy (non-hydrogen) atoms. The van der Waals surface area contributed by atoms with Crippen molar-refractivity contribution in [2.24, 2.45) is 0 Å². The second-order valence-electron chi connectivity index (χ2n) is 12.2. The molecular weight excluding hydrogens is 737 g/mol. The number of rotatable bonds is 8. The highest BCUT2D eigenvalue weighted by molar-refractivity contribution is 7.85. The van der Waals surface area contributed by atoms with E-state index in [0.717, 1.165) is 50.3 Å². The van der Waals surface area contributed by atoms with Gasteiger partial charge in [0.15, 0.2) is 0 Å². The van der Waals surface area contributed by atoms with Crippen LogP contribution in [0.2, 0.25) is 0 Å². The predicted molar refractivity (Wildman–Crippen MR) is 200 cm³/mol. The third-order valence-electron chi connectivity index (χ3n) is 7.56. The minimum Gasteiger partial charge on any atom is -0.369 e. The smallest absolute Gasteiger partial charge is 0.261 e. The van der Waals surface area contributed by atoms with Gasteiger partial charge in [-0.15, -0.1) is 0 Å². The Morgan fingerprint density at radius 3 is 1.38 bits per heavy atom. The zero-order valence-electron chi connectivity index (χ0n) is 29.6. The first-order chi connectivity index (χ1) is 24.1. The molecule has 0 spiro atoms. The quantitative estimate of drug-likeness (QED) is 0.222. The van der Waals surface area contributed by atoms with Crippen molar-refractivity contribution in [3.8, 4) is 0 Å². The summed E-state index contributed by atoms with van der Waals surface area (Å²) in [6.07, 6.45) is 2.95. The summed E-state index contributed by atoms with van der Waals surface area (Å²) in [5.41, 5.74) is 4.81. The van der Waals surface area contributed by atoms with Crippen LogP contribution in [0.4, 0.5) is 5.69 Å². The van der Waals surface area contributed by atoms with Crippen LogP contribution >= 0.6 is 0 Å². The van der Waals surface area contributed by atoms with E-state index in [2.05, 4.69) is 65.3 Å². The maximum Gasteiger partial charge on any atom is 0.261 e. The summed E-state index contributed by atoms with van der Waals surface area (Å²) in [7, 11) is -11.0. The molecule has 0 saturated carbocycles. The lowest BCUT2D eigenvalue weighted by atomic mass is 9.96. The Labute approximate surface area is 307 Å². The molecule has 0 unspecified atom stereocenters. The molecule has 3 aromatic carbocycles. The molecule has 0 radical (unpaired) electrons. The van der Waals surface area contributed by atoms with Gasteiger partial charge in [-0.3, -0.25) is 37.9 Å². The summed E-state index contributed by atoms with van der Waals surface area (Å²) in [6.45, 7) is 8.05. The lowest BCUT2D eigenvalue weighted by Gasteiger charge is -2.39. The molecule has 288 valence electrons. The molecule has 2 aliphatic rings. The summed E-state index contributed by atoms with van der Waals surface area (Å²) in [5.74, 6) is -0.199. The number of amides is 2. The van der Waals surface area contributed by atoms with E-state index >= 15 is 0 Å². The lowest BCUT2D eigenvalue weighted by Crippen LogP contribution is -2.55. The van der Waals surface area contributed by atoms with Gasteiger partial charge in [0, 0.05) is 38.4 Å². The van der Waals surface area contributed by atoms with Gasteiger partial charge >= 0.3 is 0 Å². The molecule has 2 fully saturated rings. The Morgan fingerprint density at radius 1 is 0.596 bits per heavy atom. The average molecular weight is 785 g/mol. The van der Waals surface area contributed by atoms with Gasteiger partial charge in [-0.1, -0.05) is 78.9 Å². The number of para-hydroxylation sites is 1. The minimum absolute atomic E-state index is 0.0996. The lowest BCUT2D eigenvalue weighted by molar-refractivity contribution is -0.152. The third-order valence-corrected chi connectivity index (χ3v) is 7.56. The number of nitrogens with zero attached hydrogens (tertiary/aromatic N) is 4. The molecule has 3 N–H and O–H groups in total. The molecule has 0 aromatic heterocycles. The standard InChI is InChI=1S/C31H36N4O2.3CH4O3S/c1-25-11-8-9-16-28(25)33-21-19-32(20-22-33)17-10-18-35-29(36)23-34(24-30(35)37)31(26-12-4-2-5-13-26)27-14-6-3-7-15-27;3*1-5(2,3)4/h2-9,11-16,31H,10,17-24H2,1H3;3*1H3,(H,2,3,4). The van der Waals surface area contributed by atoms with Crippen molar-refractivity contribution in [3.05, 3.63) is 102 Å². The number of hydrogen-bond donors (Lipinski definition) is 3. The van der Waals surface area contributed by atoms with E-state index in [9.17, 15) is 34.8 Å². The largest absolute Gasteiger partial charge is 0.369 e. The summed E-state index contributed by atoms with van der Waals surface area (Å²) in [5, 5.41) is 0. The van der Waals surface area contributed by atoms with Crippen LogP contribution in [0.3, 0.4) is 0 Å². The number of aryl methyl sites for hydroxylation is 1. The Kier molecular flexibility index (Phi) is 17.5. The molecule has 2 heterocycles. The van der Waals surface area contributed by atoms with Crippen LogP contribution in [0.1, 0.15) is 29.2 Å². The number of carbonyl (C=O) groups excluding carboxylic acids is 2. The minimum atomic E-state index is -3.67. The molecule has 18 heteroatoms. The van der Waals surface area contributed by atoms with Crippen molar-refractivity contribution < 1.29 is 48.5 Å². The van der Waals surface area contributed by atoms with Gasteiger partial charge in [-0.2, -0.15) is 25.3 Å². The van der Waals surface area contributed by atoms with Crippen molar-refractivity contribution in [1.29, 1.82) is 0 Å². The van der Waals surface area contributed by atoms with Gasteiger partial charge in [-0.25, -0.2) is 0 Å². The van der Waals surface area contributed by atoms with Crippen molar-refractivity contribution in [3.63, 3.8) is 0 Å². The van der Waals surface area contributed by atoms with Crippen molar-refractivity contribution in [1.82, 2.24) is 14.7 Å². The number of imide groups is 1. The van der Waals surface area contributed by atoms with E-state index in [1.54, 1.807) is 0 Å². The fraction of sp³-hybridized carbons (Fsp3) is 0.412. The number of hydrogen-bond acceptors (Lipinski definition) is 11. The summed E-state index contributed by atoms with van der Waals surface area (Å²) >= 11 is 0. The third kappa shape index (κ3) is 18.7. The van der Waals surface area contributed by atoms with Crippen LogP contribution in [0.5, 0.6) is 0 Å². The fourth-order valence-electron chi connectivity index (χ4n) is 5.61. The Bertz CT molecular complexity index is 1750. The van der Waals surface area contributed by atoms with Crippen LogP contribution in [0.25, 0.3) is 0 Å². The Morgan fingerprint density at radius 2 is 0.981 bits per heavy atom. The van der Waals surface area contributed by atoms with Crippen molar-refractivity contribution in [2.45, 2.75) is 19.4 Å². The molecule has 5 rings (SSSR count). The average Bonchev–Trinajstić information content (AvgIpc) is 3.02. The topological polar surface area (TPSA) is 210 Å². The first-order valence-electron chi connectivity index (χ1n) is 16.1. The predicted octanol–water partition coefficient (Wildman–Crippen LogP) is 2.48. The van der Waals surface area contributed by atoms with E-state index in [1.807, 2.05) is 41.3 Å². The molecular formula is C34H48N4O11S3. The van der Waals surface area contributed by atoms with Crippen LogP contribution in [-0.4, -0.2) is 137 Å². The number of piperazine rings is 2. The Balaban J connectivity index is 0.000000528. The first-order valence-corrected chi connectivity index (χ1v) is 21.6. The molecule has 0 aliphatic carbocycles. The fourth-order valence-corrected chi connectivity index (χ4v) is 5.61. The van der Waals surface area contributed by atoms with E-state index in [-0.39, 0.29) is 30.9 Å². The van der Waals surface area contributed by atoms with Gasteiger partial charge in [0.05, 0.1) is 37.9 Å². The number of carbonyl (C=O) groups is 2. The van der Waals surface area contributed by atoms with E-state index in [1.165, 1.54) is 16.2 Å². The van der Waals surface area contributed by atoms with E-state index in [4.69, 9.17) is 13.7 Å². The number of anilines is 1. The zero-order valence-corrected chi connectivity index (χ0v) is 32.1. The molecule has 15 nitrogen and oxygen atoms in total.